The molecule has 0 N–H and O–H groups in total. The molecule has 0 aliphatic carbocycles. The summed E-state index contributed by atoms with van der Waals surface area (Å²) < 4.78 is 32.2. The molecule has 2 rings (SSSR count). The standard InChI is InChI=1S/C10H7F2N2O/c1-14-5-4-10(13-14)15-9-3-2-7(11)6-8(9)12/h2-4,6H,1H3. The van der Waals surface area contributed by atoms with Crippen molar-refractivity contribution < 1.29 is 13.5 Å². The summed E-state index contributed by atoms with van der Waals surface area (Å²) in [4.78, 5) is 0. The fraction of sp³-hybridized carbons (Fsp3) is 0.100. The van der Waals surface area contributed by atoms with Gasteiger partial charge in [0.2, 0.25) is 5.88 Å². The second-order valence-electron chi connectivity index (χ2n) is 2.91. The van der Waals surface area contributed by atoms with Crippen molar-refractivity contribution in [2.45, 2.75) is 0 Å². The lowest BCUT2D eigenvalue weighted by atomic mass is 10.3. The highest BCUT2D eigenvalue weighted by atomic mass is 19.1. The Kier molecular flexibility index (Phi) is 2.37. The molecule has 15 heavy (non-hydrogen) atoms. The maximum absolute atomic E-state index is 13.1. The third kappa shape index (κ3) is 2.12. The molecule has 5 heteroatoms. The highest BCUT2D eigenvalue weighted by molar-refractivity contribution is 5.28. The lowest BCUT2D eigenvalue weighted by Gasteiger charge is -2.02. The maximum atomic E-state index is 13.1. The molecule has 77 valence electrons. The highest BCUT2D eigenvalue weighted by Crippen LogP contribution is 2.22. The maximum Gasteiger partial charge on any atom is 0.239 e. The zero-order valence-electron chi connectivity index (χ0n) is 7.87. The smallest absolute Gasteiger partial charge is 0.239 e. The Bertz CT molecular complexity index is 482. The van der Waals surface area contributed by atoms with Gasteiger partial charge in [0.15, 0.2) is 11.6 Å². The van der Waals surface area contributed by atoms with E-state index in [1.165, 1.54) is 16.8 Å². The lowest BCUT2D eigenvalue weighted by molar-refractivity contribution is 0.418. The minimum absolute atomic E-state index is 0.0662. The van der Waals surface area contributed by atoms with E-state index in [9.17, 15) is 8.78 Å². The number of nitrogens with zero attached hydrogens (tertiary/aromatic N) is 2. The first-order valence-electron chi connectivity index (χ1n) is 4.20. The van der Waals surface area contributed by atoms with E-state index >= 15 is 0 Å². The monoisotopic (exact) mass is 209 g/mol. The van der Waals surface area contributed by atoms with Crippen molar-refractivity contribution >= 4 is 0 Å². The molecule has 0 aliphatic rings. The number of rotatable bonds is 2. The van der Waals surface area contributed by atoms with Crippen LogP contribution in [-0.4, -0.2) is 9.78 Å². The van der Waals surface area contributed by atoms with Crippen molar-refractivity contribution in [3.05, 3.63) is 42.1 Å². The van der Waals surface area contributed by atoms with Crippen LogP contribution in [0.1, 0.15) is 0 Å². The van der Waals surface area contributed by atoms with E-state index in [0.717, 1.165) is 12.1 Å². The number of aryl methyl sites for hydroxylation is 1. The third-order valence-corrected chi connectivity index (χ3v) is 1.73. The SMILES string of the molecule is Cn1[c]cc(Oc2ccc(F)cc2F)n1. The molecule has 2 aromatic rings. The molecule has 0 aliphatic heterocycles. The van der Waals surface area contributed by atoms with Gasteiger partial charge >= 0.3 is 0 Å². The molecule has 1 heterocycles. The lowest BCUT2D eigenvalue weighted by Crippen LogP contribution is -1.92. The van der Waals surface area contributed by atoms with Crippen LogP contribution in [0.5, 0.6) is 11.6 Å². The van der Waals surface area contributed by atoms with Crippen LogP contribution in [0.15, 0.2) is 24.3 Å². The van der Waals surface area contributed by atoms with Gasteiger partial charge in [0.25, 0.3) is 0 Å². The third-order valence-electron chi connectivity index (χ3n) is 1.73. The van der Waals surface area contributed by atoms with Gasteiger partial charge in [0.1, 0.15) is 5.82 Å². The first-order chi connectivity index (χ1) is 7.15. The molecule has 0 amide bonds. The molecule has 3 nitrogen and oxygen atoms in total. The molecular formula is C10H7F2N2O. The minimum atomic E-state index is -0.763. The molecule has 0 saturated carbocycles. The molecular weight excluding hydrogens is 202 g/mol. The van der Waals surface area contributed by atoms with Crippen LogP contribution in [0.3, 0.4) is 0 Å². The second-order valence-corrected chi connectivity index (χ2v) is 2.91. The Morgan fingerprint density at radius 3 is 2.80 bits per heavy atom. The van der Waals surface area contributed by atoms with E-state index in [4.69, 9.17) is 4.74 Å². The summed E-state index contributed by atoms with van der Waals surface area (Å²) in [5.41, 5.74) is 0. The topological polar surface area (TPSA) is 27.1 Å². The predicted molar refractivity (Wildman–Crippen MR) is 48.5 cm³/mol. The average Bonchev–Trinajstić information content (AvgIpc) is 2.56. The largest absolute Gasteiger partial charge is 0.434 e. The molecule has 0 spiro atoms. The van der Waals surface area contributed by atoms with Crippen molar-refractivity contribution in [1.82, 2.24) is 9.78 Å². The molecule has 0 fully saturated rings. The molecule has 1 radical (unpaired) electrons. The Balaban J connectivity index is 2.24. The van der Waals surface area contributed by atoms with Crippen LogP contribution >= 0.6 is 0 Å². The summed E-state index contributed by atoms with van der Waals surface area (Å²) in [7, 11) is 1.66. The average molecular weight is 209 g/mol. The van der Waals surface area contributed by atoms with Gasteiger partial charge in [0.05, 0.1) is 6.20 Å². The van der Waals surface area contributed by atoms with Gasteiger partial charge in [-0.15, -0.1) is 5.10 Å². The van der Waals surface area contributed by atoms with E-state index in [1.807, 2.05) is 0 Å². The van der Waals surface area contributed by atoms with E-state index < -0.39 is 11.6 Å². The minimum Gasteiger partial charge on any atom is -0.434 e. The Labute approximate surface area is 84.9 Å². The predicted octanol–water partition coefficient (Wildman–Crippen LogP) is 2.29. The van der Waals surface area contributed by atoms with Crippen LogP contribution in [-0.2, 0) is 7.05 Å². The van der Waals surface area contributed by atoms with Gasteiger partial charge in [-0.1, -0.05) is 0 Å². The van der Waals surface area contributed by atoms with E-state index in [-0.39, 0.29) is 11.6 Å². The molecule has 1 aromatic heterocycles. The number of hydrogen-bond acceptors (Lipinski definition) is 2. The summed E-state index contributed by atoms with van der Waals surface area (Å²) in [6, 6.07) is 4.54. The fourth-order valence-corrected chi connectivity index (χ4v) is 1.07. The second kappa shape index (κ2) is 3.68. The van der Waals surface area contributed by atoms with Crippen LogP contribution < -0.4 is 4.74 Å². The van der Waals surface area contributed by atoms with Gasteiger partial charge < -0.3 is 4.74 Å². The van der Waals surface area contributed by atoms with Crippen LogP contribution in [0.4, 0.5) is 8.78 Å². The van der Waals surface area contributed by atoms with Gasteiger partial charge in [0, 0.05) is 19.2 Å². The summed E-state index contributed by atoms with van der Waals surface area (Å²) in [6.07, 6.45) is 2.70. The van der Waals surface area contributed by atoms with Gasteiger partial charge in [-0.25, -0.2) is 8.78 Å². The van der Waals surface area contributed by atoms with Crippen molar-refractivity contribution in [3.8, 4) is 11.6 Å². The van der Waals surface area contributed by atoms with Crippen molar-refractivity contribution in [2.24, 2.45) is 7.05 Å². The first-order valence-corrected chi connectivity index (χ1v) is 4.20. The zero-order valence-corrected chi connectivity index (χ0v) is 7.87. The quantitative estimate of drug-likeness (QED) is 0.758. The first kappa shape index (κ1) is 9.64. The zero-order chi connectivity index (χ0) is 10.8. The Hall–Kier alpha value is -1.91. The molecule has 0 saturated heterocycles. The summed E-state index contributed by atoms with van der Waals surface area (Å²) >= 11 is 0. The number of aromatic nitrogens is 2. The van der Waals surface area contributed by atoms with Crippen LogP contribution in [0, 0.1) is 17.8 Å². The number of hydrogen-bond donors (Lipinski definition) is 0. The van der Waals surface area contributed by atoms with E-state index in [2.05, 4.69) is 11.3 Å². The van der Waals surface area contributed by atoms with Crippen molar-refractivity contribution in [2.75, 3.05) is 0 Å². The van der Waals surface area contributed by atoms with E-state index in [1.54, 1.807) is 7.05 Å². The summed E-state index contributed by atoms with van der Waals surface area (Å²) in [6.45, 7) is 0. The van der Waals surface area contributed by atoms with Crippen LogP contribution in [0.2, 0.25) is 0 Å². The molecule has 0 unspecified atom stereocenters. The Morgan fingerprint density at radius 2 is 2.20 bits per heavy atom. The summed E-state index contributed by atoms with van der Waals surface area (Å²) in [5.74, 6) is -1.26. The molecule has 1 aromatic carbocycles. The molecule has 0 bridgehead atoms. The van der Waals surface area contributed by atoms with Gasteiger partial charge in [-0.05, 0) is 12.1 Å². The van der Waals surface area contributed by atoms with Gasteiger partial charge in [-0.2, -0.15) is 0 Å². The van der Waals surface area contributed by atoms with Gasteiger partial charge in [-0.3, -0.25) is 4.68 Å². The van der Waals surface area contributed by atoms with Crippen LogP contribution in [0.25, 0.3) is 0 Å². The highest BCUT2D eigenvalue weighted by Gasteiger charge is 2.07. The Morgan fingerprint density at radius 1 is 1.40 bits per heavy atom. The number of benzene rings is 1. The van der Waals surface area contributed by atoms with Crippen molar-refractivity contribution in [1.29, 1.82) is 0 Å². The molecule has 0 atom stereocenters. The van der Waals surface area contributed by atoms with Crippen molar-refractivity contribution in [3.63, 3.8) is 0 Å². The number of ether oxygens (including phenoxy) is 1. The van der Waals surface area contributed by atoms with E-state index in [0.29, 0.717) is 0 Å². The number of halogens is 2. The summed E-state index contributed by atoms with van der Waals surface area (Å²) in [5, 5.41) is 3.85. The normalized spacial score (nSPS) is 10.3. The fourth-order valence-electron chi connectivity index (χ4n) is 1.07.